The Kier molecular flexibility index (Phi) is 5.05. The Morgan fingerprint density at radius 2 is 1.57 bits per heavy atom. The van der Waals surface area contributed by atoms with Crippen molar-refractivity contribution in [2.45, 2.75) is 24.8 Å². The molecule has 0 bridgehead atoms. The van der Waals surface area contributed by atoms with E-state index < -0.39 is 9.84 Å². The van der Waals surface area contributed by atoms with E-state index in [1.807, 2.05) is 38.1 Å². The summed E-state index contributed by atoms with van der Waals surface area (Å²) in [5.74, 6) is 0. The predicted molar refractivity (Wildman–Crippen MR) is 91.3 cm³/mol. The van der Waals surface area contributed by atoms with Gasteiger partial charge in [-0.25, -0.2) is 13.2 Å². The van der Waals surface area contributed by atoms with E-state index in [0.717, 1.165) is 11.1 Å². The number of urea groups is 1. The third-order valence-corrected chi connectivity index (χ3v) is 4.59. The predicted octanol–water partition coefficient (Wildman–Crippen LogP) is 3.28. The molecule has 0 saturated carbocycles. The number of amides is 2. The van der Waals surface area contributed by atoms with Gasteiger partial charge in [-0.3, -0.25) is 0 Å². The van der Waals surface area contributed by atoms with Gasteiger partial charge < -0.3 is 10.6 Å². The normalized spacial score (nSPS) is 12.5. The minimum Gasteiger partial charge on any atom is -0.331 e. The highest BCUT2D eigenvalue weighted by Gasteiger charge is 2.12. The zero-order chi connectivity index (χ0) is 17.0. The highest BCUT2D eigenvalue weighted by atomic mass is 32.2. The van der Waals surface area contributed by atoms with Crippen molar-refractivity contribution in [3.8, 4) is 0 Å². The molecular formula is C17H20N2O3S. The quantitative estimate of drug-likeness (QED) is 0.902. The van der Waals surface area contributed by atoms with Crippen molar-refractivity contribution < 1.29 is 13.2 Å². The molecule has 2 amide bonds. The highest BCUT2D eigenvalue weighted by molar-refractivity contribution is 7.90. The van der Waals surface area contributed by atoms with Crippen LogP contribution in [0.4, 0.5) is 10.5 Å². The number of anilines is 1. The summed E-state index contributed by atoms with van der Waals surface area (Å²) in [7, 11) is -3.21. The molecule has 0 aromatic heterocycles. The maximum atomic E-state index is 12.0. The SMILES string of the molecule is Cc1ccc(NC(=O)NC(C)c2ccc(S(C)(=O)=O)cc2)cc1. The first-order valence-corrected chi connectivity index (χ1v) is 9.09. The highest BCUT2D eigenvalue weighted by Crippen LogP contribution is 2.16. The third-order valence-electron chi connectivity index (χ3n) is 3.47. The fourth-order valence-corrected chi connectivity index (χ4v) is 2.72. The number of carbonyl (C=O) groups is 1. The fraction of sp³-hybridized carbons (Fsp3) is 0.235. The molecule has 0 fully saturated rings. The molecule has 6 heteroatoms. The van der Waals surface area contributed by atoms with Crippen LogP contribution >= 0.6 is 0 Å². The number of hydrogen-bond donors (Lipinski definition) is 2. The lowest BCUT2D eigenvalue weighted by Gasteiger charge is -2.15. The lowest BCUT2D eigenvalue weighted by Crippen LogP contribution is -2.31. The molecule has 0 aliphatic carbocycles. The number of nitrogens with one attached hydrogen (secondary N) is 2. The Morgan fingerprint density at radius 3 is 2.09 bits per heavy atom. The summed E-state index contributed by atoms with van der Waals surface area (Å²) in [6, 6.07) is 13.4. The van der Waals surface area contributed by atoms with E-state index in [-0.39, 0.29) is 17.0 Å². The second kappa shape index (κ2) is 6.83. The second-order valence-electron chi connectivity index (χ2n) is 5.53. The molecule has 2 N–H and O–H groups in total. The number of sulfone groups is 1. The average molecular weight is 332 g/mol. The van der Waals surface area contributed by atoms with E-state index >= 15 is 0 Å². The van der Waals surface area contributed by atoms with Crippen LogP contribution < -0.4 is 10.6 Å². The lowest BCUT2D eigenvalue weighted by atomic mass is 10.1. The zero-order valence-electron chi connectivity index (χ0n) is 13.3. The van der Waals surface area contributed by atoms with Gasteiger partial charge >= 0.3 is 6.03 Å². The van der Waals surface area contributed by atoms with Crippen molar-refractivity contribution in [3.05, 3.63) is 59.7 Å². The molecule has 23 heavy (non-hydrogen) atoms. The molecular weight excluding hydrogens is 312 g/mol. The van der Waals surface area contributed by atoms with Crippen LogP contribution in [0.25, 0.3) is 0 Å². The molecule has 5 nitrogen and oxygen atoms in total. The average Bonchev–Trinajstić information content (AvgIpc) is 2.49. The molecule has 1 atom stereocenters. The Bertz CT molecular complexity index is 782. The standard InChI is InChI=1S/C17H20N2O3S/c1-12-4-8-15(9-5-12)19-17(20)18-13(2)14-6-10-16(11-7-14)23(3,21)22/h4-11,13H,1-3H3,(H2,18,19,20). The molecule has 2 rings (SSSR count). The first-order chi connectivity index (χ1) is 10.8. The number of aryl methyl sites for hydroxylation is 1. The van der Waals surface area contributed by atoms with Crippen molar-refractivity contribution >= 4 is 21.6 Å². The Morgan fingerprint density at radius 1 is 1.00 bits per heavy atom. The van der Waals surface area contributed by atoms with Gasteiger partial charge in [-0.2, -0.15) is 0 Å². The van der Waals surface area contributed by atoms with Crippen LogP contribution in [-0.4, -0.2) is 20.7 Å². The van der Waals surface area contributed by atoms with E-state index in [1.165, 1.54) is 6.26 Å². The molecule has 0 aliphatic heterocycles. The Labute approximate surface area is 136 Å². The minimum absolute atomic E-state index is 0.242. The zero-order valence-corrected chi connectivity index (χ0v) is 14.1. The van der Waals surface area contributed by atoms with Gasteiger partial charge in [-0.1, -0.05) is 29.8 Å². The van der Waals surface area contributed by atoms with Crippen LogP contribution in [0, 0.1) is 6.92 Å². The van der Waals surface area contributed by atoms with Crippen LogP contribution in [0.15, 0.2) is 53.4 Å². The van der Waals surface area contributed by atoms with Gasteiger partial charge in [0.25, 0.3) is 0 Å². The monoisotopic (exact) mass is 332 g/mol. The van der Waals surface area contributed by atoms with Gasteiger partial charge in [-0.15, -0.1) is 0 Å². The van der Waals surface area contributed by atoms with Gasteiger partial charge in [0.2, 0.25) is 0 Å². The second-order valence-corrected chi connectivity index (χ2v) is 7.54. The molecule has 122 valence electrons. The third kappa shape index (κ3) is 4.82. The summed E-state index contributed by atoms with van der Waals surface area (Å²) in [4.78, 5) is 12.3. The summed E-state index contributed by atoms with van der Waals surface area (Å²) in [5.41, 5.74) is 2.67. The van der Waals surface area contributed by atoms with Crippen LogP contribution in [0.1, 0.15) is 24.1 Å². The van der Waals surface area contributed by atoms with Crippen molar-refractivity contribution in [1.29, 1.82) is 0 Å². The van der Waals surface area contributed by atoms with E-state index in [4.69, 9.17) is 0 Å². The summed E-state index contributed by atoms with van der Waals surface area (Å²) >= 11 is 0. The Hall–Kier alpha value is -2.34. The number of rotatable bonds is 4. The largest absolute Gasteiger partial charge is 0.331 e. The topological polar surface area (TPSA) is 75.3 Å². The summed E-state index contributed by atoms with van der Waals surface area (Å²) in [6.45, 7) is 3.82. The maximum absolute atomic E-state index is 12.0. The number of carbonyl (C=O) groups excluding carboxylic acids is 1. The lowest BCUT2D eigenvalue weighted by molar-refractivity contribution is 0.249. The molecule has 0 aliphatic rings. The molecule has 0 radical (unpaired) electrons. The molecule has 0 spiro atoms. The van der Waals surface area contributed by atoms with Gasteiger partial charge in [0.1, 0.15) is 0 Å². The van der Waals surface area contributed by atoms with E-state index in [0.29, 0.717) is 5.69 Å². The summed E-state index contributed by atoms with van der Waals surface area (Å²) < 4.78 is 22.9. The summed E-state index contributed by atoms with van der Waals surface area (Å²) in [5, 5.41) is 5.58. The van der Waals surface area contributed by atoms with Gasteiger partial charge in [0, 0.05) is 11.9 Å². The first-order valence-electron chi connectivity index (χ1n) is 7.20. The van der Waals surface area contributed by atoms with Gasteiger partial charge in [0.05, 0.1) is 10.9 Å². The summed E-state index contributed by atoms with van der Waals surface area (Å²) in [6.07, 6.45) is 1.17. The van der Waals surface area contributed by atoms with Gasteiger partial charge in [-0.05, 0) is 43.7 Å². The smallest absolute Gasteiger partial charge is 0.319 e. The van der Waals surface area contributed by atoms with Crippen LogP contribution in [0.3, 0.4) is 0 Å². The van der Waals surface area contributed by atoms with Crippen molar-refractivity contribution in [2.24, 2.45) is 0 Å². The van der Waals surface area contributed by atoms with Crippen LogP contribution in [0.5, 0.6) is 0 Å². The maximum Gasteiger partial charge on any atom is 0.319 e. The van der Waals surface area contributed by atoms with Crippen molar-refractivity contribution in [3.63, 3.8) is 0 Å². The first kappa shape index (κ1) is 17.0. The van der Waals surface area contributed by atoms with Crippen molar-refractivity contribution in [2.75, 3.05) is 11.6 Å². The fourth-order valence-electron chi connectivity index (χ4n) is 2.09. The molecule has 2 aromatic carbocycles. The van der Waals surface area contributed by atoms with Gasteiger partial charge in [0.15, 0.2) is 9.84 Å². The van der Waals surface area contributed by atoms with E-state index in [9.17, 15) is 13.2 Å². The van der Waals surface area contributed by atoms with E-state index in [1.54, 1.807) is 24.3 Å². The molecule has 1 unspecified atom stereocenters. The van der Waals surface area contributed by atoms with Crippen LogP contribution in [-0.2, 0) is 9.84 Å². The Balaban J connectivity index is 1.99. The molecule has 0 heterocycles. The van der Waals surface area contributed by atoms with Crippen molar-refractivity contribution in [1.82, 2.24) is 5.32 Å². The molecule has 2 aromatic rings. The van der Waals surface area contributed by atoms with E-state index in [2.05, 4.69) is 10.6 Å². The number of benzene rings is 2. The van der Waals surface area contributed by atoms with Crippen LogP contribution in [0.2, 0.25) is 0 Å². The minimum atomic E-state index is -3.21. The number of hydrogen-bond acceptors (Lipinski definition) is 3. The molecule has 0 saturated heterocycles.